The normalized spacial score (nSPS) is 12.0. The monoisotopic (exact) mass is 353 g/mol. The van der Waals surface area contributed by atoms with Crippen molar-refractivity contribution in [3.05, 3.63) is 34.6 Å². The van der Waals surface area contributed by atoms with Gasteiger partial charge in [-0.2, -0.15) is 9.61 Å². The van der Waals surface area contributed by atoms with Crippen LogP contribution in [0.2, 0.25) is 0 Å². The third kappa shape index (κ3) is 3.05. The van der Waals surface area contributed by atoms with Gasteiger partial charge in [0.2, 0.25) is 15.0 Å². The molecule has 0 unspecified atom stereocenters. The second-order valence-electron chi connectivity index (χ2n) is 4.92. The standard InChI is InChI=1S/C13H15N5O3S2/c1-8-4-5-10(21-3)11(6-8)23(19,20)14-7-12-17-18-9(2)15-16-13(18)22-12/h4-6,14H,7H2,1-3H3. The molecule has 0 bridgehead atoms. The fourth-order valence-corrected chi connectivity index (χ4v) is 4.20. The van der Waals surface area contributed by atoms with Crippen molar-refractivity contribution in [2.45, 2.75) is 25.3 Å². The first-order valence-electron chi connectivity index (χ1n) is 6.73. The minimum atomic E-state index is -3.71. The number of rotatable bonds is 5. The first-order chi connectivity index (χ1) is 10.9. The molecule has 3 aromatic rings. The van der Waals surface area contributed by atoms with E-state index < -0.39 is 10.0 Å². The Morgan fingerprint density at radius 1 is 1.30 bits per heavy atom. The Bertz CT molecular complexity index is 961. The molecule has 0 amide bonds. The molecule has 2 aromatic heterocycles. The highest BCUT2D eigenvalue weighted by molar-refractivity contribution is 7.89. The van der Waals surface area contributed by atoms with E-state index in [0.717, 1.165) is 5.56 Å². The summed E-state index contributed by atoms with van der Waals surface area (Å²) in [6.07, 6.45) is 0. The second kappa shape index (κ2) is 5.87. The van der Waals surface area contributed by atoms with E-state index in [9.17, 15) is 8.42 Å². The molecule has 3 rings (SSSR count). The Kier molecular flexibility index (Phi) is 4.04. The third-order valence-corrected chi connectivity index (χ3v) is 5.53. The van der Waals surface area contributed by atoms with Gasteiger partial charge in [0.25, 0.3) is 0 Å². The van der Waals surface area contributed by atoms with Crippen LogP contribution in [0, 0.1) is 13.8 Å². The van der Waals surface area contributed by atoms with Gasteiger partial charge in [0.15, 0.2) is 5.82 Å². The van der Waals surface area contributed by atoms with Gasteiger partial charge in [-0.15, -0.1) is 10.2 Å². The Balaban J connectivity index is 1.85. The fraction of sp³-hybridized carbons (Fsp3) is 0.308. The Morgan fingerprint density at radius 3 is 2.78 bits per heavy atom. The van der Waals surface area contributed by atoms with Gasteiger partial charge in [0.05, 0.1) is 13.7 Å². The molecule has 0 fully saturated rings. The number of aryl methyl sites for hydroxylation is 2. The molecule has 0 aliphatic rings. The lowest BCUT2D eigenvalue weighted by Crippen LogP contribution is -2.24. The van der Waals surface area contributed by atoms with Gasteiger partial charge in [-0.05, 0) is 31.5 Å². The highest BCUT2D eigenvalue weighted by Gasteiger charge is 2.20. The van der Waals surface area contributed by atoms with Crippen LogP contribution in [0.5, 0.6) is 5.75 Å². The number of aromatic nitrogens is 4. The zero-order valence-electron chi connectivity index (χ0n) is 12.8. The van der Waals surface area contributed by atoms with Crippen molar-refractivity contribution in [3.8, 4) is 5.75 Å². The van der Waals surface area contributed by atoms with Crippen LogP contribution in [0.1, 0.15) is 16.4 Å². The summed E-state index contributed by atoms with van der Waals surface area (Å²) in [6.45, 7) is 3.68. The number of hydrogen-bond donors (Lipinski definition) is 1. The van der Waals surface area contributed by atoms with Crippen LogP contribution < -0.4 is 9.46 Å². The molecule has 23 heavy (non-hydrogen) atoms. The van der Waals surface area contributed by atoms with Crippen molar-refractivity contribution in [2.75, 3.05) is 7.11 Å². The van der Waals surface area contributed by atoms with Gasteiger partial charge in [-0.25, -0.2) is 13.1 Å². The van der Waals surface area contributed by atoms with Gasteiger partial charge in [0, 0.05) is 0 Å². The lowest BCUT2D eigenvalue weighted by atomic mass is 10.2. The van der Waals surface area contributed by atoms with Crippen LogP contribution in [-0.4, -0.2) is 35.3 Å². The van der Waals surface area contributed by atoms with Crippen LogP contribution in [0.3, 0.4) is 0 Å². The van der Waals surface area contributed by atoms with Crippen molar-refractivity contribution < 1.29 is 13.2 Å². The highest BCUT2D eigenvalue weighted by Crippen LogP contribution is 2.25. The number of nitrogens with zero attached hydrogens (tertiary/aromatic N) is 4. The lowest BCUT2D eigenvalue weighted by Gasteiger charge is -2.10. The number of fused-ring (bicyclic) bond motifs is 1. The predicted molar refractivity (Wildman–Crippen MR) is 85.2 cm³/mol. The number of sulfonamides is 1. The summed E-state index contributed by atoms with van der Waals surface area (Å²) in [5.74, 6) is 0.961. The van der Waals surface area contributed by atoms with Crippen molar-refractivity contribution in [1.29, 1.82) is 0 Å². The molecule has 0 atom stereocenters. The highest BCUT2D eigenvalue weighted by atomic mass is 32.2. The van der Waals surface area contributed by atoms with Crippen LogP contribution >= 0.6 is 11.3 Å². The molecule has 0 saturated heterocycles. The summed E-state index contributed by atoms with van der Waals surface area (Å²) in [5.41, 5.74) is 0.834. The van der Waals surface area contributed by atoms with E-state index in [2.05, 4.69) is 20.0 Å². The van der Waals surface area contributed by atoms with Crippen molar-refractivity contribution in [2.24, 2.45) is 0 Å². The molecule has 0 radical (unpaired) electrons. The summed E-state index contributed by atoms with van der Waals surface area (Å²) < 4.78 is 34.3. The van der Waals surface area contributed by atoms with Crippen molar-refractivity contribution in [3.63, 3.8) is 0 Å². The molecular formula is C13H15N5O3S2. The molecule has 10 heteroatoms. The number of ether oxygens (including phenoxy) is 1. The van der Waals surface area contributed by atoms with Gasteiger partial charge >= 0.3 is 0 Å². The van der Waals surface area contributed by atoms with Crippen LogP contribution in [0.15, 0.2) is 23.1 Å². The topological polar surface area (TPSA) is 98.5 Å². The Labute approximate surface area is 137 Å². The van der Waals surface area contributed by atoms with Crippen LogP contribution in [0.25, 0.3) is 4.96 Å². The maximum absolute atomic E-state index is 12.5. The van der Waals surface area contributed by atoms with E-state index in [-0.39, 0.29) is 11.4 Å². The minimum absolute atomic E-state index is 0.0763. The quantitative estimate of drug-likeness (QED) is 0.742. The maximum Gasteiger partial charge on any atom is 0.244 e. The zero-order chi connectivity index (χ0) is 16.6. The Morgan fingerprint density at radius 2 is 2.09 bits per heavy atom. The molecule has 1 N–H and O–H groups in total. The second-order valence-corrected chi connectivity index (χ2v) is 7.69. The molecule has 0 aliphatic heterocycles. The maximum atomic E-state index is 12.5. The molecule has 0 aliphatic carbocycles. The van der Waals surface area contributed by atoms with E-state index in [4.69, 9.17) is 4.74 Å². The molecular weight excluding hydrogens is 338 g/mol. The first-order valence-corrected chi connectivity index (χ1v) is 9.03. The molecule has 8 nitrogen and oxygen atoms in total. The average molecular weight is 353 g/mol. The minimum Gasteiger partial charge on any atom is -0.495 e. The smallest absolute Gasteiger partial charge is 0.244 e. The first kappa shape index (κ1) is 15.8. The largest absolute Gasteiger partial charge is 0.495 e. The number of benzene rings is 1. The van der Waals surface area contributed by atoms with E-state index in [0.29, 0.717) is 21.5 Å². The van der Waals surface area contributed by atoms with E-state index in [1.54, 1.807) is 29.6 Å². The van der Waals surface area contributed by atoms with Crippen LogP contribution in [-0.2, 0) is 16.6 Å². The summed E-state index contributed by atoms with van der Waals surface area (Å²) in [7, 11) is -2.27. The summed E-state index contributed by atoms with van der Waals surface area (Å²) in [5, 5.41) is 12.7. The molecule has 1 aromatic carbocycles. The van der Waals surface area contributed by atoms with Gasteiger partial charge < -0.3 is 4.74 Å². The number of methoxy groups -OCH3 is 1. The lowest BCUT2D eigenvalue weighted by molar-refractivity contribution is 0.402. The molecule has 0 saturated carbocycles. The van der Waals surface area contributed by atoms with Gasteiger partial charge in [-0.3, -0.25) is 0 Å². The van der Waals surface area contributed by atoms with Crippen molar-refractivity contribution in [1.82, 2.24) is 24.5 Å². The van der Waals surface area contributed by atoms with E-state index in [1.165, 1.54) is 18.4 Å². The zero-order valence-corrected chi connectivity index (χ0v) is 14.4. The fourth-order valence-electron chi connectivity index (χ4n) is 2.05. The van der Waals surface area contributed by atoms with E-state index in [1.807, 2.05) is 6.92 Å². The number of nitrogens with one attached hydrogen (secondary N) is 1. The third-order valence-electron chi connectivity index (χ3n) is 3.21. The van der Waals surface area contributed by atoms with Gasteiger partial charge in [0.1, 0.15) is 15.7 Å². The SMILES string of the molecule is COc1ccc(C)cc1S(=O)(=O)NCc1nn2c(C)nnc2s1. The van der Waals surface area contributed by atoms with Gasteiger partial charge in [-0.1, -0.05) is 17.4 Å². The van der Waals surface area contributed by atoms with Crippen molar-refractivity contribution >= 4 is 26.3 Å². The molecule has 0 spiro atoms. The Hall–Kier alpha value is -2.04. The predicted octanol–water partition coefficient (Wildman–Crippen LogP) is 1.29. The summed E-state index contributed by atoms with van der Waals surface area (Å²) in [6, 6.07) is 5.00. The van der Waals surface area contributed by atoms with E-state index >= 15 is 0 Å². The summed E-state index contributed by atoms with van der Waals surface area (Å²) >= 11 is 1.29. The number of hydrogen-bond acceptors (Lipinski definition) is 7. The average Bonchev–Trinajstić information content (AvgIpc) is 3.07. The van der Waals surface area contributed by atoms with Crippen LogP contribution in [0.4, 0.5) is 0 Å². The summed E-state index contributed by atoms with van der Waals surface area (Å²) in [4.78, 5) is 0.740. The molecule has 122 valence electrons. The molecule has 2 heterocycles.